The summed E-state index contributed by atoms with van der Waals surface area (Å²) in [7, 11) is 0. The van der Waals surface area contributed by atoms with Crippen LogP contribution < -0.4 is 11.1 Å². The van der Waals surface area contributed by atoms with Crippen LogP contribution in [0.4, 0.5) is 0 Å². The zero-order valence-corrected chi connectivity index (χ0v) is 14.3. The highest BCUT2D eigenvalue weighted by Crippen LogP contribution is 2.27. The minimum absolute atomic E-state index is 0.224. The quantitative estimate of drug-likeness (QED) is 0.544. The molecular formula is C17H35N3O. The Bertz CT molecular complexity index is 304. The first-order chi connectivity index (χ1) is 10.0. The standard InChI is InChI=1S/C17H35N3O/c1-4-12-19-17(3,16(18)21)11-6-7-13-20(5-2)14-15-9-8-10-15/h15,19H,4-14H2,1-3H3,(H2,18,21). The number of rotatable bonds is 12. The Kier molecular flexibility index (Phi) is 8.27. The van der Waals surface area contributed by atoms with Crippen molar-refractivity contribution in [1.82, 2.24) is 10.2 Å². The number of carbonyl (C=O) groups is 1. The van der Waals surface area contributed by atoms with E-state index in [2.05, 4.69) is 24.1 Å². The van der Waals surface area contributed by atoms with Gasteiger partial charge >= 0.3 is 0 Å². The average Bonchev–Trinajstić information content (AvgIpc) is 2.42. The van der Waals surface area contributed by atoms with Gasteiger partial charge in [-0.1, -0.05) is 20.3 Å². The van der Waals surface area contributed by atoms with Crippen LogP contribution in [0.2, 0.25) is 0 Å². The van der Waals surface area contributed by atoms with Crippen molar-refractivity contribution in [3.63, 3.8) is 0 Å². The van der Waals surface area contributed by atoms with E-state index in [9.17, 15) is 4.79 Å². The molecule has 1 atom stereocenters. The van der Waals surface area contributed by atoms with E-state index in [1.165, 1.54) is 25.8 Å². The summed E-state index contributed by atoms with van der Waals surface area (Å²) < 4.78 is 0. The van der Waals surface area contributed by atoms with Crippen LogP contribution in [-0.2, 0) is 4.79 Å². The Morgan fingerprint density at radius 3 is 2.52 bits per heavy atom. The maximum absolute atomic E-state index is 11.7. The average molecular weight is 297 g/mol. The number of nitrogens with one attached hydrogen (secondary N) is 1. The Balaban J connectivity index is 2.24. The molecule has 1 rings (SSSR count). The predicted octanol–water partition coefficient (Wildman–Crippen LogP) is 2.52. The third-order valence-electron chi connectivity index (χ3n) is 4.90. The molecule has 0 saturated heterocycles. The first kappa shape index (κ1) is 18.4. The highest BCUT2D eigenvalue weighted by molar-refractivity contribution is 5.84. The fourth-order valence-corrected chi connectivity index (χ4v) is 2.93. The van der Waals surface area contributed by atoms with Gasteiger partial charge in [0.25, 0.3) is 0 Å². The van der Waals surface area contributed by atoms with Crippen molar-refractivity contribution in [3.05, 3.63) is 0 Å². The Morgan fingerprint density at radius 1 is 1.33 bits per heavy atom. The molecular weight excluding hydrogens is 262 g/mol. The van der Waals surface area contributed by atoms with E-state index in [0.29, 0.717) is 0 Å². The van der Waals surface area contributed by atoms with Gasteiger partial charge in [0.2, 0.25) is 5.91 Å². The summed E-state index contributed by atoms with van der Waals surface area (Å²) in [6.07, 6.45) is 8.31. The van der Waals surface area contributed by atoms with Gasteiger partial charge in [0.05, 0.1) is 5.54 Å². The van der Waals surface area contributed by atoms with E-state index in [1.54, 1.807) is 0 Å². The molecule has 1 aliphatic rings. The predicted molar refractivity (Wildman–Crippen MR) is 89.2 cm³/mol. The molecule has 0 aromatic carbocycles. The molecule has 0 heterocycles. The van der Waals surface area contributed by atoms with E-state index < -0.39 is 5.54 Å². The maximum atomic E-state index is 11.7. The fraction of sp³-hybridized carbons (Fsp3) is 0.941. The first-order valence-electron chi connectivity index (χ1n) is 8.79. The molecule has 1 amide bonds. The van der Waals surface area contributed by atoms with Crippen LogP contribution in [0.3, 0.4) is 0 Å². The number of amides is 1. The maximum Gasteiger partial charge on any atom is 0.237 e. The number of primary amides is 1. The van der Waals surface area contributed by atoms with Crippen molar-refractivity contribution in [2.45, 2.75) is 71.3 Å². The third-order valence-corrected chi connectivity index (χ3v) is 4.90. The molecule has 4 heteroatoms. The van der Waals surface area contributed by atoms with Gasteiger partial charge in [0.1, 0.15) is 0 Å². The molecule has 1 saturated carbocycles. The topological polar surface area (TPSA) is 58.4 Å². The molecule has 1 fully saturated rings. The number of unbranched alkanes of at least 4 members (excludes halogenated alkanes) is 1. The second kappa shape index (κ2) is 9.42. The van der Waals surface area contributed by atoms with Crippen molar-refractivity contribution in [1.29, 1.82) is 0 Å². The van der Waals surface area contributed by atoms with Gasteiger partial charge in [-0.15, -0.1) is 0 Å². The van der Waals surface area contributed by atoms with Crippen molar-refractivity contribution < 1.29 is 4.79 Å². The molecule has 0 radical (unpaired) electrons. The first-order valence-corrected chi connectivity index (χ1v) is 8.79. The number of carbonyl (C=O) groups excluding carboxylic acids is 1. The number of nitrogens with zero attached hydrogens (tertiary/aromatic N) is 1. The van der Waals surface area contributed by atoms with Crippen molar-refractivity contribution in [2.24, 2.45) is 11.7 Å². The van der Waals surface area contributed by atoms with Crippen LogP contribution in [-0.4, -0.2) is 42.5 Å². The highest BCUT2D eigenvalue weighted by Gasteiger charge is 2.29. The van der Waals surface area contributed by atoms with Gasteiger partial charge in [0.15, 0.2) is 0 Å². The van der Waals surface area contributed by atoms with Crippen LogP contribution >= 0.6 is 0 Å². The lowest BCUT2D eigenvalue weighted by Crippen LogP contribution is -2.53. The Labute approximate surface area is 130 Å². The van der Waals surface area contributed by atoms with Crippen molar-refractivity contribution in [2.75, 3.05) is 26.2 Å². The van der Waals surface area contributed by atoms with Crippen LogP contribution in [0, 0.1) is 5.92 Å². The number of hydrogen-bond donors (Lipinski definition) is 2. The van der Waals surface area contributed by atoms with Crippen molar-refractivity contribution in [3.8, 4) is 0 Å². The molecule has 0 aromatic heterocycles. The SMILES string of the molecule is CCCNC(C)(CCCCN(CC)CC1CCC1)C(N)=O. The van der Waals surface area contributed by atoms with Crippen molar-refractivity contribution >= 4 is 5.91 Å². The molecule has 0 bridgehead atoms. The Morgan fingerprint density at radius 2 is 2.05 bits per heavy atom. The minimum Gasteiger partial charge on any atom is -0.368 e. The molecule has 0 aliphatic heterocycles. The van der Waals surface area contributed by atoms with Gasteiger partial charge in [0, 0.05) is 6.54 Å². The molecule has 1 aliphatic carbocycles. The van der Waals surface area contributed by atoms with Crippen LogP contribution in [0.1, 0.15) is 65.7 Å². The smallest absolute Gasteiger partial charge is 0.237 e. The largest absolute Gasteiger partial charge is 0.368 e. The van der Waals surface area contributed by atoms with E-state index in [4.69, 9.17) is 5.73 Å². The summed E-state index contributed by atoms with van der Waals surface area (Å²) >= 11 is 0. The third kappa shape index (κ3) is 6.35. The zero-order valence-electron chi connectivity index (χ0n) is 14.3. The lowest BCUT2D eigenvalue weighted by molar-refractivity contribution is -0.124. The second-order valence-corrected chi connectivity index (χ2v) is 6.77. The van der Waals surface area contributed by atoms with E-state index in [0.717, 1.165) is 51.2 Å². The summed E-state index contributed by atoms with van der Waals surface area (Å²) in [5.41, 5.74) is 5.02. The van der Waals surface area contributed by atoms with Crippen LogP contribution in [0.25, 0.3) is 0 Å². The van der Waals surface area contributed by atoms with E-state index in [1.807, 2.05) is 6.92 Å². The molecule has 4 nitrogen and oxygen atoms in total. The number of nitrogens with two attached hydrogens (primary N) is 1. The normalized spacial score (nSPS) is 18.5. The van der Waals surface area contributed by atoms with Crippen LogP contribution in [0.15, 0.2) is 0 Å². The second-order valence-electron chi connectivity index (χ2n) is 6.77. The van der Waals surface area contributed by atoms with Gasteiger partial charge in [-0.2, -0.15) is 0 Å². The van der Waals surface area contributed by atoms with Gasteiger partial charge in [-0.3, -0.25) is 4.79 Å². The Hall–Kier alpha value is -0.610. The number of hydrogen-bond acceptors (Lipinski definition) is 3. The van der Waals surface area contributed by atoms with E-state index >= 15 is 0 Å². The summed E-state index contributed by atoms with van der Waals surface area (Å²) in [4.78, 5) is 14.2. The summed E-state index contributed by atoms with van der Waals surface area (Å²) in [6.45, 7) is 10.7. The highest BCUT2D eigenvalue weighted by atomic mass is 16.1. The van der Waals surface area contributed by atoms with Gasteiger partial charge in [-0.25, -0.2) is 0 Å². The fourth-order valence-electron chi connectivity index (χ4n) is 2.93. The molecule has 1 unspecified atom stereocenters. The van der Waals surface area contributed by atoms with Crippen LogP contribution in [0.5, 0.6) is 0 Å². The molecule has 3 N–H and O–H groups in total. The lowest BCUT2D eigenvalue weighted by atomic mass is 9.85. The van der Waals surface area contributed by atoms with Gasteiger partial charge < -0.3 is 16.0 Å². The van der Waals surface area contributed by atoms with E-state index in [-0.39, 0.29) is 5.91 Å². The summed E-state index contributed by atoms with van der Waals surface area (Å²) in [5.74, 6) is 0.713. The zero-order chi connectivity index (χ0) is 15.7. The lowest BCUT2D eigenvalue weighted by Gasteiger charge is -2.32. The molecule has 21 heavy (non-hydrogen) atoms. The van der Waals surface area contributed by atoms with Gasteiger partial charge in [-0.05, 0) is 71.0 Å². The summed E-state index contributed by atoms with van der Waals surface area (Å²) in [6, 6.07) is 0. The molecule has 0 spiro atoms. The molecule has 124 valence electrons. The monoisotopic (exact) mass is 297 g/mol. The summed E-state index contributed by atoms with van der Waals surface area (Å²) in [5, 5.41) is 3.31. The minimum atomic E-state index is -0.541. The molecule has 0 aromatic rings.